The van der Waals surface area contributed by atoms with E-state index >= 15 is 0 Å². The number of nitrogens with one attached hydrogen (secondary N) is 1. The maximum Gasteiger partial charge on any atom is 0.416 e. The molecule has 27 heavy (non-hydrogen) atoms. The van der Waals surface area contributed by atoms with Gasteiger partial charge in [0.25, 0.3) is 0 Å². The third-order valence-electron chi connectivity index (χ3n) is 4.12. The first-order valence-electron chi connectivity index (χ1n) is 8.18. The molecule has 1 aliphatic heterocycles. The van der Waals surface area contributed by atoms with Gasteiger partial charge in [-0.2, -0.15) is 13.2 Å². The molecule has 3 rings (SSSR count). The van der Waals surface area contributed by atoms with E-state index in [0.717, 1.165) is 12.1 Å². The van der Waals surface area contributed by atoms with E-state index in [1.54, 1.807) is 19.1 Å². The zero-order chi connectivity index (χ0) is 19.6. The summed E-state index contributed by atoms with van der Waals surface area (Å²) in [6, 6.07) is 8.07. The molecule has 9 heteroatoms. The second kappa shape index (κ2) is 7.67. The van der Waals surface area contributed by atoms with Crippen LogP contribution >= 0.6 is 11.8 Å². The summed E-state index contributed by atoms with van der Waals surface area (Å²) in [6.45, 7) is 1.73. The van der Waals surface area contributed by atoms with Gasteiger partial charge in [0.15, 0.2) is 0 Å². The molecule has 0 spiro atoms. The summed E-state index contributed by atoms with van der Waals surface area (Å²) in [5.74, 6) is -0.0115. The van der Waals surface area contributed by atoms with Gasteiger partial charge in [0.2, 0.25) is 11.8 Å². The second-order valence-electron chi connectivity index (χ2n) is 6.07. The van der Waals surface area contributed by atoms with Gasteiger partial charge in [-0.05, 0) is 36.8 Å². The van der Waals surface area contributed by atoms with E-state index in [4.69, 9.17) is 4.42 Å². The maximum atomic E-state index is 12.7. The number of nitrogens with zero attached hydrogens (tertiary/aromatic N) is 1. The molecule has 1 N–H and O–H groups in total. The van der Waals surface area contributed by atoms with Gasteiger partial charge in [0, 0.05) is 0 Å². The minimum atomic E-state index is -4.42. The van der Waals surface area contributed by atoms with Crippen molar-refractivity contribution in [3.05, 3.63) is 59.5 Å². The van der Waals surface area contributed by atoms with Crippen LogP contribution in [0.15, 0.2) is 47.1 Å². The molecule has 2 heterocycles. The highest BCUT2D eigenvalue weighted by atomic mass is 32.2. The number of thioether (sulfide) groups is 1. The average Bonchev–Trinajstić information content (AvgIpc) is 3.23. The Balaban J connectivity index is 1.70. The fourth-order valence-electron chi connectivity index (χ4n) is 2.74. The Labute approximate surface area is 157 Å². The molecule has 1 aromatic heterocycles. The van der Waals surface area contributed by atoms with E-state index in [-0.39, 0.29) is 30.2 Å². The van der Waals surface area contributed by atoms with Gasteiger partial charge in [0.1, 0.15) is 17.7 Å². The number of carbonyl (C=O) groups excluding carboxylic acids is 2. The summed E-state index contributed by atoms with van der Waals surface area (Å²) in [5.41, 5.74) is -0.208. The van der Waals surface area contributed by atoms with Crippen LogP contribution in [0.25, 0.3) is 0 Å². The number of benzene rings is 1. The van der Waals surface area contributed by atoms with Crippen LogP contribution in [0.3, 0.4) is 0 Å². The molecular formula is C18H17F3N2O3S. The normalized spacial score (nSPS) is 20.1. The number of halogens is 3. The zero-order valence-electron chi connectivity index (χ0n) is 14.3. The molecule has 2 atom stereocenters. The summed E-state index contributed by atoms with van der Waals surface area (Å²) in [5, 5.41) is 1.77. The molecule has 0 saturated carbocycles. The molecule has 0 bridgehead atoms. The van der Waals surface area contributed by atoms with Gasteiger partial charge < -0.3 is 14.6 Å². The molecule has 5 nitrogen and oxygen atoms in total. The molecule has 2 unspecified atom stereocenters. The Bertz CT molecular complexity index is 806. The summed E-state index contributed by atoms with van der Waals surface area (Å²) >= 11 is 1.30. The first-order valence-corrected chi connectivity index (χ1v) is 9.12. The number of hydrogen-bond acceptors (Lipinski definition) is 4. The van der Waals surface area contributed by atoms with Crippen molar-refractivity contribution in [2.45, 2.75) is 30.3 Å². The van der Waals surface area contributed by atoms with Crippen LogP contribution in [0.2, 0.25) is 0 Å². The zero-order valence-corrected chi connectivity index (χ0v) is 15.1. The van der Waals surface area contributed by atoms with Crippen LogP contribution in [0.1, 0.15) is 29.2 Å². The average molecular weight is 398 g/mol. The predicted molar refractivity (Wildman–Crippen MR) is 93.5 cm³/mol. The van der Waals surface area contributed by atoms with E-state index in [1.165, 1.54) is 35.1 Å². The number of carbonyl (C=O) groups is 2. The van der Waals surface area contributed by atoms with Crippen molar-refractivity contribution in [3.8, 4) is 0 Å². The minimum Gasteiger partial charge on any atom is -0.467 e. The van der Waals surface area contributed by atoms with Gasteiger partial charge >= 0.3 is 6.18 Å². The van der Waals surface area contributed by atoms with Gasteiger partial charge in [-0.1, -0.05) is 12.1 Å². The molecule has 2 amide bonds. The van der Waals surface area contributed by atoms with E-state index in [9.17, 15) is 22.8 Å². The van der Waals surface area contributed by atoms with Crippen LogP contribution < -0.4 is 5.32 Å². The fraction of sp³-hybridized carbons (Fsp3) is 0.333. The van der Waals surface area contributed by atoms with E-state index in [2.05, 4.69) is 5.32 Å². The number of furan rings is 1. The van der Waals surface area contributed by atoms with Gasteiger partial charge in [-0.25, -0.2) is 0 Å². The summed E-state index contributed by atoms with van der Waals surface area (Å²) in [7, 11) is 0. The summed E-state index contributed by atoms with van der Waals surface area (Å²) in [6.07, 6.45) is -2.93. The summed E-state index contributed by atoms with van der Waals surface area (Å²) < 4.78 is 43.4. The quantitative estimate of drug-likeness (QED) is 0.836. The summed E-state index contributed by atoms with van der Waals surface area (Å²) in [4.78, 5) is 26.0. The molecular weight excluding hydrogens is 381 g/mol. The van der Waals surface area contributed by atoms with Crippen molar-refractivity contribution >= 4 is 23.6 Å². The van der Waals surface area contributed by atoms with Gasteiger partial charge in [-0.15, -0.1) is 11.8 Å². The van der Waals surface area contributed by atoms with Crippen LogP contribution in [0.4, 0.5) is 13.2 Å². The highest BCUT2D eigenvalue weighted by Crippen LogP contribution is 2.43. The third-order valence-corrected chi connectivity index (χ3v) is 5.52. The lowest BCUT2D eigenvalue weighted by molar-refractivity contribution is -0.137. The fourth-order valence-corrected chi connectivity index (χ4v) is 4.02. The van der Waals surface area contributed by atoms with Crippen LogP contribution in [0.5, 0.6) is 0 Å². The van der Waals surface area contributed by atoms with Crippen LogP contribution in [-0.2, 0) is 22.3 Å². The Morgan fingerprint density at radius 2 is 1.96 bits per heavy atom. The van der Waals surface area contributed by atoms with Crippen molar-refractivity contribution in [1.82, 2.24) is 10.2 Å². The Morgan fingerprint density at radius 3 is 2.56 bits per heavy atom. The molecule has 1 fully saturated rings. The highest BCUT2D eigenvalue weighted by Gasteiger charge is 2.40. The Hall–Kier alpha value is -2.42. The lowest BCUT2D eigenvalue weighted by Gasteiger charge is -2.24. The number of rotatable bonds is 5. The molecule has 1 saturated heterocycles. The first-order chi connectivity index (χ1) is 12.8. The van der Waals surface area contributed by atoms with Gasteiger partial charge in [-0.3, -0.25) is 9.59 Å². The molecule has 1 aliphatic rings. The van der Waals surface area contributed by atoms with Crippen molar-refractivity contribution in [3.63, 3.8) is 0 Å². The lowest BCUT2D eigenvalue weighted by Crippen LogP contribution is -2.40. The molecule has 0 aliphatic carbocycles. The van der Waals surface area contributed by atoms with E-state index < -0.39 is 17.1 Å². The molecule has 0 radical (unpaired) electrons. The largest absolute Gasteiger partial charge is 0.467 e. The number of amides is 2. The molecule has 1 aromatic carbocycles. The Morgan fingerprint density at radius 1 is 1.26 bits per heavy atom. The van der Waals surface area contributed by atoms with E-state index in [0.29, 0.717) is 11.3 Å². The standard InChI is InChI=1S/C18H17F3N2O3S/c1-11-16(25)23(10-15(24)22-9-14-3-2-8-26-14)17(27-11)12-4-6-13(7-5-12)18(19,20)21/h2-8,11,17H,9-10H2,1H3,(H,22,24). The monoisotopic (exact) mass is 398 g/mol. The van der Waals surface area contributed by atoms with Crippen molar-refractivity contribution < 1.29 is 27.2 Å². The Kier molecular flexibility index (Phi) is 5.50. The SMILES string of the molecule is CC1SC(c2ccc(C(F)(F)F)cc2)N(CC(=O)NCc2ccco2)C1=O. The highest BCUT2D eigenvalue weighted by molar-refractivity contribution is 8.01. The topological polar surface area (TPSA) is 62.6 Å². The van der Waals surface area contributed by atoms with Crippen molar-refractivity contribution in [2.24, 2.45) is 0 Å². The first kappa shape index (κ1) is 19.3. The molecule has 2 aromatic rings. The van der Waals surface area contributed by atoms with Gasteiger partial charge in [0.05, 0.1) is 23.6 Å². The minimum absolute atomic E-state index is 0.178. The number of alkyl halides is 3. The third kappa shape index (κ3) is 4.47. The van der Waals surface area contributed by atoms with Crippen molar-refractivity contribution in [1.29, 1.82) is 0 Å². The lowest BCUT2D eigenvalue weighted by atomic mass is 10.1. The van der Waals surface area contributed by atoms with E-state index in [1.807, 2.05) is 0 Å². The van der Waals surface area contributed by atoms with Crippen LogP contribution in [-0.4, -0.2) is 28.5 Å². The van der Waals surface area contributed by atoms with Crippen molar-refractivity contribution in [2.75, 3.05) is 6.54 Å². The predicted octanol–water partition coefficient (Wildman–Crippen LogP) is 3.58. The smallest absolute Gasteiger partial charge is 0.416 e. The van der Waals surface area contributed by atoms with Crippen LogP contribution in [0, 0.1) is 0 Å². The molecule has 144 valence electrons. The maximum absolute atomic E-state index is 12.7. The number of hydrogen-bond donors (Lipinski definition) is 1. The second-order valence-corrected chi connectivity index (χ2v) is 7.50.